The normalized spacial score (nSPS) is 17.2. The lowest BCUT2D eigenvalue weighted by molar-refractivity contribution is 0.295. The van der Waals surface area contributed by atoms with Crippen LogP contribution in [0, 0.1) is 0 Å². The number of rotatable bonds is 7. The number of thioether (sulfide) groups is 1. The van der Waals surface area contributed by atoms with Gasteiger partial charge in [-0.1, -0.05) is 28.4 Å². The number of ether oxygens (including phenoxy) is 1. The molecule has 2 rings (SSSR count). The molecular formula is C14H20BrNOS. The van der Waals surface area contributed by atoms with E-state index in [0.29, 0.717) is 4.75 Å². The molecule has 0 spiro atoms. The van der Waals surface area contributed by atoms with E-state index in [1.165, 1.54) is 19.3 Å². The second kappa shape index (κ2) is 6.83. The highest BCUT2D eigenvalue weighted by Crippen LogP contribution is 2.42. The predicted octanol–water partition coefficient (Wildman–Crippen LogP) is 3.70. The molecule has 0 radical (unpaired) electrons. The van der Waals surface area contributed by atoms with Gasteiger partial charge in [0.15, 0.2) is 0 Å². The Morgan fingerprint density at radius 1 is 1.44 bits per heavy atom. The van der Waals surface area contributed by atoms with Gasteiger partial charge < -0.3 is 10.1 Å². The van der Waals surface area contributed by atoms with Gasteiger partial charge in [0.25, 0.3) is 0 Å². The first-order valence-corrected chi connectivity index (χ1v) is 8.40. The van der Waals surface area contributed by atoms with Gasteiger partial charge in [0.05, 0.1) is 0 Å². The van der Waals surface area contributed by atoms with Crippen molar-refractivity contribution in [2.75, 3.05) is 26.0 Å². The Morgan fingerprint density at radius 2 is 2.28 bits per heavy atom. The third kappa shape index (κ3) is 3.90. The summed E-state index contributed by atoms with van der Waals surface area (Å²) >= 11 is 5.44. The molecule has 0 atom stereocenters. The zero-order valence-electron chi connectivity index (χ0n) is 10.7. The Balaban J connectivity index is 1.61. The van der Waals surface area contributed by atoms with E-state index >= 15 is 0 Å². The predicted molar refractivity (Wildman–Crippen MR) is 82.6 cm³/mol. The van der Waals surface area contributed by atoms with Gasteiger partial charge >= 0.3 is 0 Å². The Labute approximate surface area is 122 Å². The van der Waals surface area contributed by atoms with Crippen LogP contribution in [0.3, 0.4) is 0 Å². The minimum absolute atomic E-state index is 0.510. The molecule has 1 saturated carbocycles. The maximum Gasteiger partial charge on any atom is 0.120 e. The van der Waals surface area contributed by atoms with Crippen molar-refractivity contribution in [3.05, 3.63) is 28.7 Å². The van der Waals surface area contributed by atoms with Gasteiger partial charge in [-0.2, -0.15) is 11.8 Å². The van der Waals surface area contributed by atoms with Crippen LogP contribution in [-0.2, 0) is 0 Å². The van der Waals surface area contributed by atoms with Crippen LogP contribution in [0.2, 0.25) is 0 Å². The van der Waals surface area contributed by atoms with Crippen LogP contribution >= 0.6 is 27.7 Å². The molecule has 4 heteroatoms. The summed E-state index contributed by atoms with van der Waals surface area (Å²) in [6.07, 6.45) is 6.32. The van der Waals surface area contributed by atoms with E-state index in [0.717, 1.165) is 29.9 Å². The number of hydrogen-bond acceptors (Lipinski definition) is 3. The van der Waals surface area contributed by atoms with Gasteiger partial charge in [-0.15, -0.1) is 0 Å². The summed E-state index contributed by atoms with van der Waals surface area (Å²) in [7, 11) is 0. The van der Waals surface area contributed by atoms with Crippen LogP contribution in [-0.4, -0.2) is 30.7 Å². The largest absolute Gasteiger partial charge is 0.492 e. The number of benzene rings is 1. The lowest BCUT2D eigenvalue weighted by Gasteiger charge is -2.40. The second-order valence-electron chi connectivity index (χ2n) is 4.72. The Bertz CT molecular complexity index is 376. The fourth-order valence-corrected chi connectivity index (χ4v) is 3.46. The molecule has 18 heavy (non-hydrogen) atoms. The first-order valence-electron chi connectivity index (χ1n) is 6.38. The molecule has 0 unspecified atom stereocenters. The quantitative estimate of drug-likeness (QED) is 0.770. The van der Waals surface area contributed by atoms with Gasteiger partial charge in [-0.3, -0.25) is 0 Å². The molecule has 1 aliphatic carbocycles. The van der Waals surface area contributed by atoms with E-state index in [1.54, 1.807) is 0 Å². The van der Waals surface area contributed by atoms with Crippen LogP contribution in [0.25, 0.3) is 0 Å². The molecule has 1 aromatic carbocycles. The summed E-state index contributed by atoms with van der Waals surface area (Å²) in [6, 6.07) is 7.98. The van der Waals surface area contributed by atoms with Gasteiger partial charge in [0.2, 0.25) is 0 Å². The molecule has 0 bridgehead atoms. The monoisotopic (exact) mass is 329 g/mol. The SMILES string of the molecule is CSC1(CNCCOc2cccc(Br)c2)CCC1. The van der Waals surface area contributed by atoms with Crippen molar-refractivity contribution in [3.8, 4) is 5.75 Å². The molecule has 0 heterocycles. The number of halogens is 1. The molecule has 0 aromatic heterocycles. The topological polar surface area (TPSA) is 21.3 Å². The Hall–Kier alpha value is -0.190. The zero-order chi connectivity index (χ0) is 12.8. The van der Waals surface area contributed by atoms with E-state index in [9.17, 15) is 0 Å². The molecule has 1 aliphatic rings. The van der Waals surface area contributed by atoms with Crippen molar-refractivity contribution >= 4 is 27.7 Å². The summed E-state index contributed by atoms with van der Waals surface area (Å²) in [6.45, 7) is 2.74. The van der Waals surface area contributed by atoms with Crippen molar-refractivity contribution in [2.24, 2.45) is 0 Å². The summed E-state index contributed by atoms with van der Waals surface area (Å²) in [4.78, 5) is 0. The summed E-state index contributed by atoms with van der Waals surface area (Å²) in [5.74, 6) is 0.925. The Kier molecular flexibility index (Phi) is 5.39. The van der Waals surface area contributed by atoms with Crippen molar-refractivity contribution < 1.29 is 4.74 Å². The number of hydrogen-bond donors (Lipinski definition) is 1. The van der Waals surface area contributed by atoms with Gasteiger partial charge in [0.1, 0.15) is 12.4 Å². The van der Waals surface area contributed by atoms with Crippen molar-refractivity contribution in [1.82, 2.24) is 5.32 Å². The van der Waals surface area contributed by atoms with Crippen molar-refractivity contribution in [2.45, 2.75) is 24.0 Å². The van der Waals surface area contributed by atoms with E-state index in [-0.39, 0.29) is 0 Å². The molecule has 1 fully saturated rings. The van der Waals surface area contributed by atoms with Crippen LogP contribution in [0.4, 0.5) is 0 Å². The van der Waals surface area contributed by atoms with Crippen LogP contribution in [0.5, 0.6) is 5.75 Å². The third-order valence-corrected chi connectivity index (χ3v) is 5.40. The maximum absolute atomic E-state index is 5.69. The van der Waals surface area contributed by atoms with Crippen molar-refractivity contribution in [3.63, 3.8) is 0 Å². The minimum Gasteiger partial charge on any atom is -0.492 e. The van der Waals surface area contributed by atoms with Crippen LogP contribution in [0.15, 0.2) is 28.7 Å². The average Bonchev–Trinajstić information content (AvgIpc) is 2.32. The Morgan fingerprint density at radius 3 is 2.89 bits per heavy atom. The second-order valence-corrected chi connectivity index (χ2v) is 6.91. The zero-order valence-corrected chi connectivity index (χ0v) is 13.1. The highest BCUT2D eigenvalue weighted by atomic mass is 79.9. The highest BCUT2D eigenvalue weighted by Gasteiger charge is 2.35. The maximum atomic E-state index is 5.69. The van der Waals surface area contributed by atoms with Gasteiger partial charge in [-0.05, 0) is 37.3 Å². The van der Waals surface area contributed by atoms with Crippen molar-refractivity contribution in [1.29, 1.82) is 0 Å². The molecular weight excluding hydrogens is 310 g/mol. The van der Waals surface area contributed by atoms with E-state index < -0.39 is 0 Å². The van der Waals surface area contributed by atoms with Gasteiger partial charge in [-0.25, -0.2) is 0 Å². The lowest BCUT2D eigenvalue weighted by Crippen LogP contribution is -2.44. The third-order valence-electron chi connectivity index (χ3n) is 3.49. The molecule has 1 aromatic rings. The molecule has 0 aliphatic heterocycles. The van der Waals surface area contributed by atoms with Gasteiger partial charge in [0, 0.05) is 22.3 Å². The van der Waals surface area contributed by atoms with E-state index in [2.05, 4.69) is 27.5 Å². The molecule has 1 N–H and O–H groups in total. The smallest absolute Gasteiger partial charge is 0.120 e. The van der Waals surface area contributed by atoms with E-state index in [4.69, 9.17) is 4.74 Å². The first kappa shape index (κ1) is 14.2. The van der Waals surface area contributed by atoms with Crippen LogP contribution in [0.1, 0.15) is 19.3 Å². The number of nitrogens with one attached hydrogen (secondary N) is 1. The average molecular weight is 330 g/mol. The minimum atomic E-state index is 0.510. The standard InChI is InChI=1S/C14H20BrNOS/c1-18-14(6-3-7-14)11-16-8-9-17-13-5-2-4-12(15)10-13/h2,4-5,10,16H,3,6-9,11H2,1H3. The summed E-state index contributed by atoms with van der Waals surface area (Å²) in [5, 5.41) is 3.51. The molecule has 0 saturated heterocycles. The first-order chi connectivity index (χ1) is 8.74. The fourth-order valence-electron chi connectivity index (χ4n) is 2.14. The molecule has 100 valence electrons. The summed E-state index contributed by atoms with van der Waals surface area (Å²) < 4.78 is 7.26. The lowest BCUT2D eigenvalue weighted by atomic mass is 9.84. The summed E-state index contributed by atoms with van der Waals surface area (Å²) in [5.41, 5.74) is 0. The van der Waals surface area contributed by atoms with E-state index in [1.807, 2.05) is 36.0 Å². The van der Waals surface area contributed by atoms with Crippen LogP contribution < -0.4 is 10.1 Å². The fraction of sp³-hybridized carbons (Fsp3) is 0.571. The molecule has 0 amide bonds. The molecule has 2 nitrogen and oxygen atoms in total. The highest BCUT2D eigenvalue weighted by molar-refractivity contribution is 9.10.